The van der Waals surface area contributed by atoms with Gasteiger partial charge in [0.05, 0.1) is 26.5 Å². The van der Waals surface area contributed by atoms with E-state index in [9.17, 15) is 12.8 Å². The van der Waals surface area contributed by atoms with E-state index in [1.165, 1.54) is 38.5 Å². The van der Waals surface area contributed by atoms with E-state index in [1.807, 2.05) is 25.9 Å². The molecule has 4 rings (SSSR count). The summed E-state index contributed by atoms with van der Waals surface area (Å²) in [5.74, 6) is -3.58. The van der Waals surface area contributed by atoms with E-state index in [0.717, 1.165) is 12.1 Å². The Hall–Kier alpha value is -3.26. The number of methoxy groups -OCH3 is 3. The fourth-order valence-electron chi connectivity index (χ4n) is 5.27. The Labute approximate surface area is 254 Å². The molecule has 3 aromatic rings. The summed E-state index contributed by atoms with van der Waals surface area (Å²) in [6.07, 6.45) is 0.547. The van der Waals surface area contributed by atoms with Crippen molar-refractivity contribution in [3.8, 4) is 11.5 Å². The van der Waals surface area contributed by atoms with Crippen LogP contribution in [0.3, 0.4) is 0 Å². The number of benzene rings is 2. The molecule has 0 N–H and O–H groups in total. The molecule has 0 bridgehead atoms. The van der Waals surface area contributed by atoms with Crippen LogP contribution in [0.5, 0.6) is 11.5 Å². The van der Waals surface area contributed by atoms with Gasteiger partial charge in [-0.2, -0.15) is 4.39 Å². The predicted octanol–water partition coefficient (Wildman–Crippen LogP) is 5.11. The topological polar surface area (TPSA) is 84.4 Å². The summed E-state index contributed by atoms with van der Waals surface area (Å²) >= 11 is 6.43. The second kappa shape index (κ2) is 12.8. The van der Waals surface area contributed by atoms with E-state index in [-0.39, 0.29) is 24.0 Å². The molecule has 2 aromatic carbocycles. The van der Waals surface area contributed by atoms with Crippen molar-refractivity contribution in [3.63, 3.8) is 0 Å². The van der Waals surface area contributed by atoms with Gasteiger partial charge in [0, 0.05) is 43.9 Å². The predicted molar refractivity (Wildman–Crippen MR) is 158 cm³/mol. The molecule has 1 aliphatic heterocycles. The van der Waals surface area contributed by atoms with Crippen LogP contribution in [0.15, 0.2) is 47.4 Å². The fourth-order valence-corrected chi connectivity index (χ4v) is 7.10. The Kier molecular flexibility index (Phi) is 9.69. The standard InChI is InChI=1S/C29H34ClF3N4O5S/c1-18(35(2)3)29(42-6)12-13-36(17-29)22-15-21(31)28(27(33)26(22)30)43(38,39)37(25-9-7-8-24(32)34-25)16-19-10-11-20(40-4)14-23(19)41-5/h7-11,14-15,18H,12-13,16-17H2,1-6H3/t18-,29-/m0/s1. The zero-order valence-corrected chi connectivity index (χ0v) is 26.3. The SMILES string of the molecule is COc1ccc(CN(c2cccc(F)n2)S(=O)(=O)c2c(F)cc(N3CC[C@@](OC)([C@H](C)N(C)C)C3)c(Cl)c2F)c(OC)c1. The molecule has 0 spiro atoms. The number of hydrogen-bond donors (Lipinski definition) is 0. The lowest BCUT2D eigenvalue weighted by Gasteiger charge is -2.38. The van der Waals surface area contributed by atoms with Gasteiger partial charge in [0.15, 0.2) is 10.7 Å². The van der Waals surface area contributed by atoms with E-state index < -0.39 is 55.5 Å². The molecule has 1 aliphatic rings. The zero-order chi connectivity index (χ0) is 31.7. The third-order valence-electron chi connectivity index (χ3n) is 7.96. The molecular formula is C29H34ClF3N4O5S. The number of sulfonamides is 1. The summed E-state index contributed by atoms with van der Waals surface area (Å²) in [4.78, 5) is 6.04. The third kappa shape index (κ3) is 6.21. The molecule has 0 radical (unpaired) electrons. The summed E-state index contributed by atoms with van der Waals surface area (Å²) in [5.41, 5.74) is -0.362. The molecule has 9 nitrogen and oxygen atoms in total. The van der Waals surface area contributed by atoms with Gasteiger partial charge < -0.3 is 24.0 Å². The van der Waals surface area contributed by atoms with Gasteiger partial charge in [-0.05, 0) is 51.7 Å². The van der Waals surface area contributed by atoms with Crippen molar-refractivity contribution in [2.24, 2.45) is 0 Å². The fraction of sp³-hybridized carbons (Fsp3) is 0.414. The number of pyridine rings is 1. The molecule has 0 saturated carbocycles. The normalized spacial score (nSPS) is 17.8. The highest BCUT2D eigenvalue weighted by Crippen LogP contribution is 2.41. The van der Waals surface area contributed by atoms with Crippen molar-refractivity contribution in [3.05, 3.63) is 70.6 Å². The molecule has 234 valence electrons. The van der Waals surface area contributed by atoms with Crippen molar-refractivity contribution in [1.29, 1.82) is 0 Å². The maximum Gasteiger partial charge on any atom is 0.271 e. The second-order valence-corrected chi connectivity index (χ2v) is 12.6. The molecule has 0 aliphatic carbocycles. The van der Waals surface area contributed by atoms with Crippen LogP contribution in [-0.4, -0.2) is 78.5 Å². The first-order chi connectivity index (χ1) is 20.3. The van der Waals surface area contributed by atoms with Crippen molar-refractivity contribution >= 4 is 33.1 Å². The monoisotopic (exact) mass is 642 g/mol. The summed E-state index contributed by atoms with van der Waals surface area (Å²) in [5, 5.41) is -0.571. The van der Waals surface area contributed by atoms with E-state index in [4.69, 9.17) is 25.8 Å². The Bertz CT molecular complexity index is 1600. The highest BCUT2D eigenvalue weighted by atomic mass is 35.5. The average molecular weight is 643 g/mol. The smallest absolute Gasteiger partial charge is 0.271 e. The van der Waals surface area contributed by atoms with Gasteiger partial charge in [0.1, 0.15) is 33.8 Å². The van der Waals surface area contributed by atoms with E-state index in [2.05, 4.69) is 4.98 Å². The number of halogens is 4. The second-order valence-electron chi connectivity index (χ2n) is 10.4. The van der Waals surface area contributed by atoms with Gasteiger partial charge in [0.25, 0.3) is 10.0 Å². The van der Waals surface area contributed by atoms with Crippen LogP contribution in [0.2, 0.25) is 5.02 Å². The number of ether oxygens (including phenoxy) is 3. The molecule has 1 saturated heterocycles. The number of hydrogen-bond acceptors (Lipinski definition) is 8. The molecule has 1 fully saturated rings. The average Bonchev–Trinajstić information content (AvgIpc) is 3.42. The highest BCUT2D eigenvalue weighted by molar-refractivity contribution is 7.92. The highest BCUT2D eigenvalue weighted by Gasteiger charge is 2.45. The first-order valence-electron chi connectivity index (χ1n) is 13.3. The molecule has 43 heavy (non-hydrogen) atoms. The zero-order valence-electron chi connectivity index (χ0n) is 24.7. The Morgan fingerprint density at radius 3 is 2.42 bits per heavy atom. The summed E-state index contributed by atoms with van der Waals surface area (Å²) in [7, 11) is 3.14. The van der Waals surface area contributed by atoms with Crippen LogP contribution < -0.4 is 18.7 Å². The largest absolute Gasteiger partial charge is 0.497 e. The van der Waals surface area contributed by atoms with Crippen LogP contribution in [0.25, 0.3) is 0 Å². The molecule has 2 heterocycles. The molecule has 1 aromatic heterocycles. The first-order valence-corrected chi connectivity index (χ1v) is 15.1. The van der Waals surface area contributed by atoms with Crippen molar-refractivity contribution in [2.75, 3.05) is 57.7 Å². The molecule has 14 heteroatoms. The number of rotatable bonds is 11. The van der Waals surface area contributed by atoms with Gasteiger partial charge in [-0.15, -0.1) is 0 Å². The van der Waals surface area contributed by atoms with Gasteiger partial charge in [-0.3, -0.25) is 0 Å². The summed E-state index contributed by atoms with van der Waals surface area (Å²) in [6, 6.07) is 8.91. The molecule has 2 atom stereocenters. The summed E-state index contributed by atoms with van der Waals surface area (Å²) < 4.78 is 91.1. The van der Waals surface area contributed by atoms with Crippen molar-refractivity contribution in [1.82, 2.24) is 9.88 Å². The van der Waals surface area contributed by atoms with Gasteiger partial charge >= 0.3 is 0 Å². The van der Waals surface area contributed by atoms with Crippen LogP contribution in [0.1, 0.15) is 18.9 Å². The minimum Gasteiger partial charge on any atom is -0.497 e. The number of nitrogens with zero attached hydrogens (tertiary/aromatic N) is 4. The number of aromatic nitrogens is 1. The number of anilines is 2. The van der Waals surface area contributed by atoms with Crippen LogP contribution >= 0.6 is 11.6 Å². The lowest BCUT2D eigenvalue weighted by atomic mass is 9.93. The molecule has 0 amide bonds. The number of likely N-dealkylation sites (N-methyl/N-ethyl adjacent to an activating group) is 1. The van der Waals surface area contributed by atoms with E-state index in [1.54, 1.807) is 18.1 Å². The maximum absolute atomic E-state index is 16.0. The van der Waals surface area contributed by atoms with E-state index >= 15 is 8.78 Å². The van der Waals surface area contributed by atoms with Crippen LogP contribution in [-0.2, 0) is 21.3 Å². The summed E-state index contributed by atoms with van der Waals surface area (Å²) in [6.45, 7) is 2.12. The molecular weight excluding hydrogens is 609 g/mol. The lowest BCUT2D eigenvalue weighted by Crippen LogP contribution is -2.51. The first kappa shape index (κ1) is 32.6. The van der Waals surface area contributed by atoms with Gasteiger partial charge in [-0.1, -0.05) is 17.7 Å². The lowest BCUT2D eigenvalue weighted by molar-refractivity contribution is -0.0456. The van der Waals surface area contributed by atoms with Crippen molar-refractivity contribution < 1.29 is 35.8 Å². The van der Waals surface area contributed by atoms with Crippen LogP contribution in [0, 0.1) is 17.6 Å². The van der Waals surface area contributed by atoms with E-state index in [0.29, 0.717) is 28.6 Å². The Morgan fingerprint density at radius 2 is 1.81 bits per heavy atom. The van der Waals surface area contributed by atoms with Gasteiger partial charge in [0.2, 0.25) is 5.95 Å². The third-order valence-corrected chi connectivity index (χ3v) is 10.1. The quantitative estimate of drug-likeness (QED) is 0.211. The maximum atomic E-state index is 16.0. The van der Waals surface area contributed by atoms with Gasteiger partial charge in [-0.25, -0.2) is 26.5 Å². The van der Waals surface area contributed by atoms with Crippen molar-refractivity contribution in [2.45, 2.75) is 36.4 Å². The minimum atomic E-state index is -5.05. The Morgan fingerprint density at radius 1 is 1.09 bits per heavy atom. The minimum absolute atomic E-state index is 0.00671. The van der Waals surface area contributed by atoms with Crippen LogP contribution in [0.4, 0.5) is 24.7 Å². The Balaban J connectivity index is 1.80. The molecule has 0 unspecified atom stereocenters.